The molecular formula is C12H13N5O3. The van der Waals surface area contributed by atoms with Crippen molar-refractivity contribution in [3.8, 4) is 0 Å². The first-order chi connectivity index (χ1) is 9.61. The van der Waals surface area contributed by atoms with Gasteiger partial charge in [0.25, 0.3) is 11.6 Å². The van der Waals surface area contributed by atoms with Gasteiger partial charge in [0.2, 0.25) is 5.82 Å². The maximum Gasteiger partial charge on any atom is 0.295 e. The summed E-state index contributed by atoms with van der Waals surface area (Å²) in [6, 6.07) is 5.90. The third-order valence-corrected chi connectivity index (χ3v) is 2.57. The molecule has 0 atom stereocenters. The SMILES string of the molecule is CCCc1nc(C(=O)Nc2ccccc2[N+](=O)[O-])n[nH]1. The van der Waals surface area contributed by atoms with E-state index in [9.17, 15) is 14.9 Å². The van der Waals surface area contributed by atoms with Gasteiger partial charge in [-0.1, -0.05) is 19.1 Å². The highest BCUT2D eigenvalue weighted by atomic mass is 16.6. The summed E-state index contributed by atoms with van der Waals surface area (Å²) >= 11 is 0. The van der Waals surface area contributed by atoms with Crippen molar-refractivity contribution in [3.63, 3.8) is 0 Å². The van der Waals surface area contributed by atoms with Gasteiger partial charge in [0, 0.05) is 12.5 Å². The first kappa shape index (κ1) is 13.7. The summed E-state index contributed by atoms with van der Waals surface area (Å²) < 4.78 is 0. The number of aryl methyl sites for hydroxylation is 1. The predicted octanol–water partition coefficient (Wildman–Crippen LogP) is 1.92. The summed E-state index contributed by atoms with van der Waals surface area (Å²) in [6.07, 6.45) is 1.56. The number of nitrogens with one attached hydrogen (secondary N) is 2. The second-order valence-corrected chi connectivity index (χ2v) is 4.08. The lowest BCUT2D eigenvalue weighted by Crippen LogP contribution is -2.14. The highest BCUT2D eigenvalue weighted by molar-refractivity contribution is 6.02. The molecule has 2 rings (SSSR count). The molecule has 2 N–H and O–H groups in total. The molecule has 104 valence electrons. The number of H-pyrrole nitrogens is 1. The number of anilines is 1. The first-order valence-electron chi connectivity index (χ1n) is 6.08. The molecule has 0 radical (unpaired) electrons. The zero-order valence-electron chi connectivity index (χ0n) is 10.8. The van der Waals surface area contributed by atoms with Crippen LogP contribution in [0.2, 0.25) is 0 Å². The van der Waals surface area contributed by atoms with E-state index in [0.29, 0.717) is 12.2 Å². The van der Waals surface area contributed by atoms with Crippen LogP contribution in [-0.2, 0) is 6.42 Å². The van der Waals surface area contributed by atoms with Gasteiger partial charge in [-0.3, -0.25) is 20.0 Å². The Kier molecular flexibility index (Phi) is 4.04. The van der Waals surface area contributed by atoms with Crippen LogP contribution in [0.25, 0.3) is 0 Å². The van der Waals surface area contributed by atoms with Crippen molar-refractivity contribution >= 4 is 17.3 Å². The minimum Gasteiger partial charge on any atom is -0.313 e. The first-order valence-corrected chi connectivity index (χ1v) is 6.08. The fraction of sp³-hybridized carbons (Fsp3) is 0.250. The molecule has 0 bridgehead atoms. The van der Waals surface area contributed by atoms with Crippen LogP contribution < -0.4 is 5.32 Å². The molecule has 1 aromatic heterocycles. The van der Waals surface area contributed by atoms with Crippen LogP contribution in [0.5, 0.6) is 0 Å². The number of nitrogens with zero attached hydrogens (tertiary/aromatic N) is 3. The van der Waals surface area contributed by atoms with Crippen LogP contribution >= 0.6 is 0 Å². The monoisotopic (exact) mass is 275 g/mol. The molecule has 0 unspecified atom stereocenters. The summed E-state index contributed by atoms with van der Waals surface area (Å²) in [5.41, 5.74) is -0.0606. The summed E-state index contributed by atoms with van der Waals surface area (Å²) in [5.74, 6) is -0.00952. The van der Waals surface area contributed by atoms with Crippen LogP contribution in [0.15, 0.2) is 24.3 Å². The van der Waals surface area contributed by atoms with Gasteiger partial charge in [-0.2, -0.15) is 0 Å². The Balaban J connectivity index is 2.17. The van der Waals surface area contributed by atoms with Crippen molar-refractivity contribution in [1.29, 1.82) is 0 Å². The van der Waals surface area contributed by atoms with Crippen LogP contribution in [0.1, 0.15) is 29.8 Å². The third-order valence-electron chi connectivity index (χ3n) is 2.57. The number of aromatic nitrogens is 3. The van der Waals surface area contributed by atoms with Crippen LogP contribution in [0.4, 0.5) is 11.4 Å². The van der Waals surface area contributed by atoms with E-state index in [2.05, 4.69) is 20.5 Å². The molecule has 2 aromatic rings. The van der Waals surface area contributed by atoms with Gasteiger partial charge >= 0.3 is 0 Å². The van der Waals surface area contributed by atoms with Crippen molar-refractivity contribution in [1.82, 2.24) is 15.2 Å². The highest BCUT2D eigenvalue weighted by Crippen LogP contribution is 2.23. The lowest BCUT2D eigenvalue weighted by molar-refractivity contribution is -0.383. The molecule has 1 heterocycles. The summed E-state index contributed by atoms with van der Waals surface area (Å²) in [5, 5.41) is 19.7. The molecule has 0 aliphatic carbocycles. The zero-order valence-corrected chi connectivity index (χ0v) is 10.8. The Hall–Kier alpha value is -2.77. The molecule has 8 nitrogen and oxygen atoms in total. The Morgan fingerprint density at radius 2 is 2.20 bits per heavy atom. The molecule has 0 aliphatic rings. The predicted molar refractivity (Wildman–Crippen MR) is 71.4 cm³/mol. The zero-order chi connectivity index (χ0) is 14.5. The molecule has 1 aromatic carbocycles. The number of nitro benzene ring substituents is 1. The van der Waals surface area contributed by atoms with E-state index >= 15 is 0 Å². The fourth-order valence-corrected chi connectivity index (χ4v) is 1.66. The van der Waals surface area contributed by atoms with Crippen molar-refractivity contribution in [2.75, 3.05) is 5.32 Å². The van der Waals surface area contributed by atoms with Crippen molar-refractivity contribution in [3.05, 3.63) is 46.0 Å². The number of nitro groups is 1. The summed E-state index contributed by atoms with van der Waals surface area (Å²) in [7, 11) is 0. The lowest BCUT2D eigenvalue weighted by atomic mass is 10.2. The smallest absolute Gasteiger partial charge is 0.295 e. The van der Waals surface area contributed by atoms with Crippen LogP contribution in [0.3, 0.4) is 0 Å². The average Bonchev–Trinajstić information content (AvgIpc) is 2.88. The quantitative estimate of drug-likeness (QED) is 0.639. The van der Waals surface area contributed by atoms with Gasteiger partial charge in [0.1, 0.15) is 11.5 Å². The van der Waals surface area contributed by atoms with E-state index in [1.165, 1.54) is 18.2 Å². The number of benzene rings is 1. The topological polar surface area (TPSA) is 114 Å². The van der Waals surface area contributed by atoms with Crippen molar-refractivity contribution in [2.45, 2.75) is 19.8 Å². The largest absolute Gasteiger partial charge is 0.313 e. The lowest BCUT2D eigenvalue weighted by Gasteiger charge is -2.02. The average molecular weight is 275 g/mol. The summed E-state index contributed by atoms with van der Waals surface area (Å²) in [6.45, 7) is 1.98. The Labute approximate surface area is 114 Å². The van der Waals surface area contributed by atoms with E-state index in [1.54, 1.807) is 6.07 Å². The van der Waals surface area contributed by atoms with Crippen LogP contribution in [-0.4, -0.2) is 26.0 Å². The molecule has 20 heavy (non-hydrogen) atoms. The van der Waals surface area contributed by atoms with E-state index < -0.39 is 10.8 Å². The van der Waals surface area contributed by atoms with Gasteiger partial charge in [-0.05, 0) is 12.5 Å². The number of carbonyl (C=O) groups excluding carboxylic acids is 1. The molecule has 0 fully saturated rings. The maximum atomic E-state index is 11.9. The van der Waals surface area contributed by atoms with Gasteiger partial charge in [0.15, 0.2) is 0 Å². The standard InChI is InChI=1S/C12H13N5O3/c1-2-5-10-14-11(16-15-10)12(18)13-8-6-3-4-7-9(8)17(19)20/h3-4,6-7H,2,5H2,1H3,(H,13,18)(H,14,15,16). The third kappa shape index (κ3) is 2.97. The minimum atomic E-state index is -0.585. The Morgan fingerprint density at radius 1 is 1.45 bits per heavy atom. The second kappa shape index (κ2) is 5.91. The van der Waals surface area contributed by atoms with Crippen LogP contribution in [0, 0.1) is 10.1 Å². The molecule has 8 heteroatoms. The number of hydrogen-bond acceptors (Lipinski definition) is 5. The molecule has 0 saturated carbocycles. The van der Waals surface area contributed by atoms with Gasteiger partial charge < -0.3 is 5.32 Å². The maximum absolute atomic E-state index is 11.9. The number of hydrogen-bond donors (Lipinski definition) is 2. The van der Waals surface area contributed by atoms with E-state index in [0.717, 1.165) is 6.42 Å². The van der Waals surface area contributed by atoms with Crippen molar-refractivity contribution in [2.24, 2.45) is 0 Å². The molecule has 0 aliphatic heterocycles. The minimum absolute atomic E-state index is 0.0356. The molecular weight excluding hydrogens is 262 g/mol. The number of amides is 1. The van der Waals surface area contributed by atoms with Gasteiger partial charge in [0.05, 0.1) is 4.92 Å². The number of aromatic amines is 1. The van der Waals surface area contributed by atoms with Crippen molar-refractivity contribution < 1.29 is 9.72 Å². The molecule has 0 saturated heterocycles. The van der Waals surface area contributed by atoms with E-state index in [1.807, 2.05) is 6.92 Å². The van der Waals surface area contributed by atoms with Gasteiger partial charge in [-0.25, -0.2) is 4.98 Å². The summed E-state index contributed by atoms with van der Waals surface area (Å²) in [4.78, 5) is 26.2. The van der Waals surface area contributed by atoms with E-state index in [4.69, 9.17) is 0 Å². The fourth-order valence-electron chi connectivity index (χ4n) is 1.66. The second-order valence-electron chi connectivity index (χ2n) is 4.08. The number of rotatable bonds is 5. The normalized spacial score (nSPS) is 10.2. The molecule has 1 amide bonds. The number of para-hydroxylation sites is 2. The Bertz CT molecular complexity index is 638. The highest BCUT2D eigenvalue weighted by Gasteiger charge is 2.18. The molecule has 0 spiro atoms. The Morgan fingerprint density at radius 3 is 2.90 bits per heavy atom. The van der Waals surface area contributed by atoms with Gasteiger partial charge in [-0.15, -0.1) is 5.10 Å². The van der Waals surface area contributed by atoms with E-state index in [-0.39, 0.29) is 17.2 Å². The number of carbonyl (C=O) groups is 1.